The molecule has 234 valence electrons. The predicted molar refractivity (Wildman–Crippen MR) is 180 cm³/mol. The fourth-order valence-corrected chi connectivity index (χ4v) is 4.17. The molecule has 2 aromatic rings. The molecule has 0 fully saturated rings. The van der Waals surface area contributed by atoms with Crippen LogP contribution in [0.3, 0.4) is 0 Å². The number of aliphatic imine (C=N–C) groups is 1. The molecule has 1 aliphatic rings. The van der Waals surface area contributed by atoms with Crippen LogP contribution < -0.4 is 9.47 Å². The van der Waals surface area contributed by atoms with Crippen molar-refractivity contribution in [3.8, 4) is 11.5 Å². The van der Waals surface area contributed by atoms with Crippen LogP contribution in [0.5, 0.6) is 11.5 Å². The van der Waals surface area contributed by atoms with Gasteiger partial charge in [0.05, 0.1) is 18.0 Å². The fraction of sp³-hybridized carbons (Fsp3) is 0.278. The van der Waals surface area contributed by atoms with E-state index in [9.17, 15) is 14.3 Å². The number of carboxylic acid groups (broad SMARTS) is 1. The molecule has 1 heterocycles. The van der Waals surface area contributed by atoms with Gasteiger partial charge in [0.2, 0.25) is 5.60 Å². The number of carboxylic acids is 1. The van der Waals surface area contributed by atoms with Crippen molar-refractivity contribution < 1.29 is 28.5 Å². The van der Waals surface area contributed by atoms with E-state index < -0.39 is 17.4 Å². The second-order valence-electron chi connectivity index (χ2n) is 9.97. The van der Waals surface area contributed by atoms with Crippen molar-refractivity contribution in [1.29, 1.82) is 0 Å². The highest BCUT2D eigenvalue weighted by molar-refractivity contribution is 8.01. The Morgan fingerprint density at radius 3 is 2.57 bits per heavy atom. The van der Waals surface area contributed by atoms with Crippen molar-refractivity contribution in [2.24, 2.45) is 4.99 Å². The number of carbonyl (C=O) groups is 1. The summed E-state index contributed by atoms with van der Waals surface area (Å²) in [6.45, 7) is 13.5. The summed E-state index contributed by atoms with van der Waals surface area (Å²) in [5.41, 5.74) is 1.91. The number of thioether (sulfide) groups is 1. The molecular formula is C36H42FNO5S. The summed E-state index contributed by atoms with van der Waals surface area (Å²) >= 11 is 1.70. The first kappa shape index (κ1) is 35.9. The molecule has 1 N–H and O–H groups in total. The van der Waals surface area contributed by atoms with Crippen LogP contribution in [0, 0.1) is 5.82 Å². The zero-order valence-electron chi connectivity index (χ0n) is 25.9. The molecule has 0 bridgehead atoms. The summed E-state index contributed by atoms with van der Waals surface area (Å²) in [6.07, 6.45) is 15.3. The molecule has 44 heavy (non-hydrogen) atoms. The molecule has 1 unspecified atom stereocenters. The van der Waals surface area contributed by atoms with E-state index in [4.69, 9.17) is 19.2 Å². The Bertz CT molecular complexity index is 1410. The molecule has 1 atom stereocenters. The number of aliphatic carboxylic acids is 1. The minimum atomic E-state index is -1.56. The monoisotopic (exact) mass is 619 g/mol. The summed E-state index contributed by atoms with van der Waals surface area (Å²) in [4.78, 5) is 16.6. The summed E-state index contributed by atoms with van der Waals surface area (Å²) in [7, 11) is 0. The standard InChI is InChI=1S/C28H30FNO5.C8H12S/c1-5-7-19(2)26-18-34-20(3)25(30-26)14-15-33-23-12-10-21(11-13-23)17-28(4,27(31)32)35-24-9-6-8-22(29)16-24;1-3-4-5-6-7-8-9-2/h5-13,16H,1,14-15,17-18H2,2-4H3,(H,31,32);3,5-8H,1,4H2,2H3/b19-7+;6-5+,8-7-. The third-order valence-electron chi connectivity index (χ3n) is 6.35. The van der Waals surface area contributed by atoms with Gasteiger partial charge < -0.3 is 19.3 Å². The third-order valence-corrected chi connectivity index (χ3v) is 6.78. The molecule has 0 saturated heterocycles. The molecule has 2 aromatic carbocycles. The minimum Gasteiger partial charge on any atom is -0.493 e. The van der Waals surface area contributed by atoms with Crippen LogP contribution in [0.25, 0.3) is 0 Å². The second-order valence-corrected chi connectivity index (χ2v) is 10.7. The average Bonchev–Trinajstić information content (AvgIpc) is 2.99. The van der Waals surface area contributed by atoms with Gasteiger partial charge in [0, 0.05) is 18.9 Å². The van der Waals surface area contributed by atoms with Gasteiger partial charge in [0.1, 0.15) is 29.7 Å². The van der Waals surface area contributed by atoms with Crippen molar-refractivity contribution in [2.45, 2.75) is 45.6 Å². The zero-order valence-corrected chi connectivity index (χ0v) is 26.7. The van der Waals surface area contributed by atoms with Crippen molar-refractivity contribution in [3.63, 3.8) is 0 Å². The van der Waals surface area contributed by atoms with Gasteiger partial charge in [-0.2, -0.15) is 0 Å². The van der Waals surface area contributed by atoms with Crippen LogP contribution in [0.15, 0.2) is 126 Å². The van der Waals surface area contributed by atoms with Crippen LogP contribution in [0.2, 0.25) is 0 Å². The van der Waals surface area contributed by atoms with E-state index in [0.29, 0.717) is 25.4 Å². The van der Waals surface area contributed by atoms with Gasteiger partial charge in [-0.05, 0) is 74.3 Å². The van der Waals surface area contributed by atoms with Crippen molar-refractivity contribution in [1.82, 2.24) is 0 Å². The van der Waals surface area contributed by atoms with Gasteiger partial charge in [0.25, 0.3) is 0 Å². The molecule has 0 radical (unpaired) electrons. The smallest absolute Gasteiger partial charge is 0.348 e. The van der Waals surface area contributed by atoms with Gasteiger partial charge in [-0.15, -0.1) is 18.3 Å². The van der Waals surface area contributed by atoms with E-state index in [0.717, 1.165) is 40.8 Å². The fourth-order valence-electron chi connectivity index (χ4n) is 3.92. The van der Waals surface area contributed by atoms with Crippen LogP contribution in [-0.2, 0) is 16.0 Å². The van der Waals surface area contributed by atoms with E-state index in [1.165, 1.54) is 25.1 Å². The van der Waals surface area contributed by atoms with E-state index in [1.807, 2.05) is 49.8 Å². The second kappa shape index (κ2) is 19.1. The Labute approximate surface area is 265 Å². The van der Waals surface area contributed by atoms with Gasteiger partial charge in [-0.3, -0.25) is 4.99 Å². The highest BCUT2D eigenvalue weighted by atomic mass is 32.2. The number of benzene rings is 2. The quantitative estimate of drug-likeness (QED) is 0.159. The van der Waals surface area contributed by atoms with Gasteiger partial charge in [-0.25, -0.2) is 9.18 Å². The van der Waals surface area contributed by atoms with E-state index >= 15 is 0 Å². The minimum absolute atomic E-state index is 0.0949. The number of hydrogen-bond acceptors (Lipinski definition) is 6. The average molecular weight is 620 g/mol. The predicted octanol–water partition coefficient (Wildman–Crippen LogP) is 8.89. The SMILES string of the molecule is C=C/C=C(\C)C1=NC(CCOc2ccc(CC(C)(Oc3cccc(F)c3)C(=O)O)cc2)=C(C)OC1.C=CC/C=C/C=C\SC. The molecule has 0 amide bonds. The Morgan fingerprint density at radius 2 is 1.93 bits per heavy atom. The summed E-state index contributed by atoms with van der Waals surface area (Å²) in [5, 5.41) is 11.8. The molecule has 8 heteroatoms. The van der Waals surface area contributed by atoms with Gasteiger partial charge in [0.15, 0.2) is 0 Å². The van der Waals surface area contributed by atoms with Crippen LogP contribution in [0.1, 0.15) is 39.2 Å². The van der Waals surface area contributed by atoms with Crippen molar-refractivity contribution >= 4 is 23.4 Å². The lowest BCUT2D eigenvalue weighted by molar-refractivity contribution is -0.153. The Balaban J connectivity index is 0.000000651. The molecule has 6 nitrogen and oxygen atoms in total. The summed E-state index contributed by atoms with van der Waals surface area (Å²) in [5.74, 6) is -0.0393. The number of ether oxygens (including phenoxy) is 3. The lowest BCUT2D eigenvalue weighted by Crippen LogP contribution is -2.43. The molecule has 1 aliphatic heterocycles. The maximum atomic E-state index is 13.5. The lowest BCUT2D eigenvalue weighted by Gasteiger charge is -2.26. The number of hydrogen-bond donors (Lipinski definition) is 1. The third kappa shape index (κ3) is 12.5. The highest BCUT2D eigenvalue weighted by Crippen LogP contribution is 2.25. The van der Waals surface area contributed by atoms with E-state index in [2.05, 4.69) is 19.2 Å². The van der Waals surface area contributed by atoms with Crippen LogP contribution in [-0.4, -0.2) is 41.9 Å². The summed E-state index contributed by atoms with van der Waals surface area (Å²) < 4.78 is 30.7. The zero-order chi connectivity index (χ0) is 32.4. The first-order chi connectivity index (χ1) is 21.1. The van der Waals surface area contributed by atoms with Crippen LogP contribution >= 0.6 is 11.8 Å². The normalized spacial score (nSPS) is 14.7. The topological polar surface area (TPSA) is 77.4 Å². The molecule has 0 aromatic heterocycles. The highest BCUT2D eigenvalue weighted by Gasteiger charge is 2.36. The molecule has 0 spiro atoms. The largest absolute Gasteiger partial charge is 0.493 e. The number of halogens is 1. The number of rotatable bonds is 15. The Kier molecular flexibility index (Phi) is 15.6. The Hall–Kier alpha value is -4.30. The Morgan fingerprint density at radius 1 is 1.18 bits per heavy atom. The first-order valence-electron chi connectivity index (χ1n) is 14.2. The maximum Gasteiger partial charge on any atom is 0.348 e. The van der Waals surface area contributed by atoms with Gasteiger partial charge >= 0.3 is 5.97 Å². The molecule has 0 aliphatic carbocycles. The van der Waals surface area contributed by atoms with Crippen LogP contribution in [0.4, 0.5) is 4.39 Å². The number of allylic oxidation sites excluding steroid dienone is 7. The van der Waals surface area contributed by atoms with Gasteiger partial charge in [-0.1, -0.05) is 61.2 Å². The summed E-state index contributed by atoms with van der Waals surface area (Å²) in [6, 6.07) is 12.6. The van der Waals surface area contributed by atoms with E-state index in [-0.39, 0.29) is 12.2 Å². The van der Waals surface area contributed by atoms with Crippen molar-refractivity contribution in [3.05, 3.63) is 132 Å². The molecule has 0 saturated carbocycles. The lowest BCUT2D eigenvalue weighted by atomic mass is 9.96. The first-order valence-corrected chi connectivity index (χ1v) is 15.5. The number of nitrogens with zero attached hydrogens (tertiary/aromatic N) is 1. The molecule has 3 rings (SSSR count). The molecular weight excluding hydrogens is 577 g/mol. The van der Waals surface area contributed by atoms with E-state index in [1.54, 1.807) is 42.1 Å². The maximum absolute atomic E-state index is 13.5. The van der Waals surface area contributed by atoms with Crippen molar-refractivity contribution in [2.75, 3.05) is 19.5 Å².